The van der Waals surface area contributed by atoms with E-state index in [1.165, 1.54) is 6.20 Å². The minimum Gasteiger partial charge on any atom is -0.497 e. The Labute approximate surface area is 139 Å². The maximum Gasteiger partial charge on any atom is 0.308 e. The average molecular weight is 329 g/mol. The number of aliphatic carboxylic acids is 1. The van der Waals surface area contributed by atoms with E-state index in [1.54, 1.807) is 22.9 Å². The minimum atomic E-state index is -0.847. The number of hydrogen-bond acceptors (Lipinski definition) is 4. The average Bonchev–Trinajstić information content (AvgIpc) is 3.24. The molecule has 2 heterocycles. The number of carboxylic acid groups (broad SMARTS) is 1. The Bertz CT molecular complexity index is 739. The van der Waals surface area contributed by atoms with E-state index in [-0.39, 0.29) is 12.5 Å². The molecule has 1 N–H and O–H groups in total. The van der Waals surface area contributed by atoms with Crippen LogP contribution in [0.2, 0.25) is 0 Å². The summed E-state index contributed by atoms with van der Waals surface area (Å²) in [5.74, 6) is -0.694. The van der Waals surface area contributed by atoms with E-state index < -0.39 is 11.9 Å². The molecule has 2 aromatic rings. The maximum absolute atomic E-state index is 12.4. The summed E-state index contributed by atoms with van der Waals surface area (Å²) in [4.78, 5) is 25.0. The molecule has 1 fully saturated rings. The van der Waals surface area contributed by atoms with Gasteiger partial charge in [-0.15, -0.1) is 0 Å². The van der Waals surface area contributed by atoms with Gasteiger partial charge in [0.25, 0.3) is 5.91 Å². The minimum absolute atomic E-state index is 0.167. The molecule has 1 aliphatic rings. The van der Waals surface area contributed by atoms with E-state index in [4.69, 9.17) is 9.84 Å². The monoisotopic (exact) mass is 329 g/mol. The zero-order chi connectivity index (χ0) is 17.1. The van der Waals surface area contributed by atoms with Gasteiger partial charge in [0.1, 0.15) is 5.75 Å². The summed E-state index contributed by atoms with van der Waals surface area (Å²) in [7, 11) is 1.62. The molecule has 126 valence electrons. The normalized spacial score (nSPS) is 17.0. The van der Waals surface area contributed by atoms with Crippen LogP contribution in [0.3, 0.4) is 0 Å². The zero-order valence-electron chi connectivity index (χ0n) is 13.4. The molecule has 0 unspecified atom stereocenters. The number of methoxy groups -OCH3 is 1. The predicted octanol–water partition coefficient (Wildman–Crippen LogP) is 1.49. The van der Waals surface area contributed by atoms with Crippen LogP contribution in [-0.4, -0.2) is 51.9 Å². The fraction of sp³-hybridized carbons (Fsp3) is 0.353. The fourth-order valence-electron chi connectivity index (χ4n) is 2.81. The lowest BCUT2D eigenvalue weighted by atomic mass is 10.1. The third-order valence-electron chi connectivity index (χ3n) is 4.21. The van der Waals surface area contributed by atoms with E-state index in [2.05, 4.69) is 5.10 Å². The summed E-state index contributed by atoms with van der Waals surface area (Å²) < 4.78 is 6.82. The van der Waals surface area contributed by atoms with Crippen molar-refractivity contribution in [2.24, 2.45) is 5.92 Å². The van der Waals surface area contributed by atoms with Crippen LogP contribution >= 0.6 is 0 Å². The molecule has 0 bridgehead atoms. The summed E-state index contributed by atoms with van der Waals surface area (Å²) in [6.45, 7) is 1.28. The van der Waals surface area contributed by atoms with Gasteiger partial charge in [-0.25, -0.2) is 0 Å². The van der Waals surface area contributed by atoms with Gasteiger partial charge >= 0.3 is 5.97 Å². The molecular formula is C17H19N3O4. The van der Waals surface area contributed by atoms with Crippen molar-refractivity contribution in [1.29, 1.82) is 0 Å². The molecule has 7 heteroatoms. The van der Waals surface area contributed by atoms with E-state index in [0.717, 1.165) is 11.3 Å². The fourth-order valence-corrected chi connectivity index (χ4v) is 2.81. The van der Waals surface area contributed by atoms with Gasteiger partial charge in [-0.1, -0.05) is 12.1 Å². The Balaban J connectivity index is 1.64. The molecule has 1 atom stereocenters. The summed E-state index contributed by atoms with van der Waals surface area (Å²) in [5, 5.41) is 13.2. The van der Waals surface area contributed by atoms with Crippen molar-refractivity contribution < 1.29 is 19.4 Å². The molecule has 24 heavy (non-hydrogen) atoms. The number of carbonyl (C=O) groups excluding carboxylic acids is 1. The molecule has 1 saturated heterocycles. The number of nitrogens with zero attached hydrogens (tertiary/aromatic N) is 3. The molecule has 1 aliphatic heterocycles. The van der Waals surface area contributed by atoms with Gasteiger partial charge in [0, 0.05) is 19.3 Å². The summed E-state index contributed by atoms with van der Waals surface area (Å²) in [6.07, 6.45) is 3.72. The summed E-state index contributed by atoms with van der Waals surface area (Å²) in [5.41, 5.74) is 1.53. The highest BCUT2D eigenvalue weighted by Crippen LogP contribution is 2.19. The number of ether oxygens (including phenoxy) is 1. The van der Waals surface area contributed by atoms with Crippen LogP contribution in [0.5, 0.6) is 5.75 Å². The van der Waals surface area contributed by atoms with Gasteiger partial charge in [-0.3, -0.25) is 14.3 Å². The molecule has 1 amide bonds. The van der Waals surface area contributed by atoms with Gasteiger partial charge in [0.15, 0.2) is 0 Å². The third kappa shape index (κ3) is 3.40. The van der Waals surface area contributed by atoms with Gasteiger partial charge in [-0.2, -0.15) is 5.10 Å². The zero-order valence-corrected chi connectivity index (χ0v) is 13.4. The number of benzene rings is 1. The number of rotatable bonds is 5. The smallest absolute Gasteiger partial charge is 0.308 e. The van der Waals surface area contributed by atoms with Crippen molar-refractivity contribution in [1.82, 2.24) is 14.7 Å². The number of amides is 1. The highest BCUT2D eigenvalue weighted by atomic mass is 16.5. The van der Waals surface area contributed by atoms with Crippen molar-refractivity contribution in [2.75, 3.05) is 20.2 Å². The first-order valence-corrected chi connectivity index (χ1v) is 7.74. The van der Waals surface area contributed by atoms with Gasteiger partial charge in [-0.05, 0) is 24.1 Å². The molecule has 0 radical (unpaired) electrons. The molecular weight excluding hydrogens is 310 g/mol. The number of carbonyl (C=O) groups is 2. The van der Waals surface area contributed by atoms with Crippen LogP contribution in [0.1, 0.15) is 22.3 Å². The second-order valence-electron chi connectivity index (χ2n) is 5.85. The lowest BCUT2D eigenvalue weighted by molar-refractivity contribution is -0.141. The van der Waals surface area contributed by atoms with Crippen LogP contribution in [0.4, 0.5) is 0 Å². The molecule has 0 spiro atoms. The lowest BCUT2D eigenvalue weighted by Crippen LogP contribution is -2.29. The third-order valence-corrected chi connectivity index (χ3v) is 4.21. The Morgan fingerprint density at radius 2 is 2.08 bits per heavy atom. The van der Waals surface area contributed by atoms with Gasteiger partial charge in [0.2, 0.25) is 0 Å². The van der Waals surface area contributed by atoms with Crippen LogP contribution in [0.25, 0.3) is 0 Å². The molecule has 1 aromatic heterocycles. The quantitative estimate of drug-likeness (QED) is 0.898. The second kappa shape index (κ2) is 6.74. The van der Waals surface area contributed by atoms with E-state index >= 15 is 0 Å². The predicted molar refractivity (Wildman–Crippen MR) is 86.0 cm³/mol. The maximum atomic E-state index is 12.4. The first kappa shape index (κ1) is 16.0. The Morgan fingerprint density at radius 1 is 1.33 bits per heavy atom. The van der Waals surface area contributed by atoms with Crippen LogP contribution in [0, 0.1) is 5.92 Å². The van der Waals surface area contributed by atoms with Crippen LogP contribution in [0.15, 0.2) is 36.7 Å². The van der Waals surface area contributed by atoms with E-state index in [0.29, 0.717) is 25.1 Å². The summed E-state index contributed by atoms with van der Waals surface area (Å²) in [6, 6.07) is 7.64. The van der Waals surface area contributed by atoms with Crippen LogP contribution in [-0.2, 0) is 11.3 Å². The first-order valence-electron chi connectivity index (χ1n) is 7.74. The van der Waals surface area contributed by atoms with Crippen molar-refractivity contribution in [2.45, 2.75) is 13.0 Å². The highest BCUT2D eigenvalue weighted by molar-refractivity contribution is 5.94. The van der Waals surface area contributed by atoms with Gasteiger partial charge < -0.3 is 14.7 Å². The first-order chi connectivity index (χ1) is 11.6. The van der Waals surface area contributed by atoms with E-state index in [9.17, 15) is 9.59 Å². The number of likely N-dealkylation sites (tertiary alicyclic amines) is 1. The molecule has 7 nitrogen and oxygen atoms in total. The van der Waals surface area contributed by atoms with Crippen LogP contribution < -0.4 is 4.74 Å². The number of carboxylic acids is 1. The molecule has 3 rings (SSSR count). The second-order valence-corrected chi connectivity index (χ2v) is 5.85. The largest absolute Gasteiger partial charge is 0.497 e. The van der Waals surface area contributed by atoms with Crippen molar-refractivity contribution in [3.63, 3.8) is 0 Å². The SMILES string of the molecule is COc1ccc(Cn2cc(C(=O)N3CC[C@@H](C(=O)O)C3)cn2)cc1. The standard InChI is InChI=1S/C17H19N3O4/c1-24-15-4-2-12(3-5-15)9-20-11-14(8-18-20)16(21)19-7-6-13(10-19)17(22)23/h2-5,8,11,13H,6-7,9-10H2,1H3,(H,22,23)/t13-/m1/s1. The molecule has 1 aromatic carbocycles. The molecule has 0 saturated carbocycles. The lowest BCUT2D eigenvalue weighted by Gasteiger charge is -2.14. The van der Waals surface area contributed by atoms with Crippen molar-refractivity contribution in [3.05, 3.63) is 47.8 Å². The van der Waals surface area contributed by atoms with Gasteiger partial charge in [0.05, 0.1) is 31.3 Å². The highest BCUT2D eigenvalue weighted by Gasteiger charge is 2.31. The Morgan fingerprint density at radius 3 is 2.71 bits per heavy atom. The topological polar surface area (TPSA) is 84.7 Å². The number of hydrogen-bond donors (Lipinski definition) is 1. The Hall–Kier alpha value is -2.83. The molecule has 0 aliphatic carbocycles. The number of aromatic nitrogens is 2. The summed E-state index contributed by atoms with van der Waals surface area (Å²) >= 11 is 0. The van der Waals surface area contributed by atoms with Crippen molar-refractivity contribution in [3.8, 4) is 5.75 Å². The van der Waals surface area contributed by atoms with Crippen molar-refractivity contribution >= 4 is 11.9 Å². The Kier molecular flexibility index (Phi) is 4.50. The van der Waals surface area contributed by atoms with E-state index in [1.807, 2.05) is 24.3 Å².